The van der Waals surface area contributed by atoms with Crippen LogP contribution in [0, 0.1) is 0 Å². The van der Waals surface area contributed by atoms with Gasteiger partial charge in [-0.1, -0.05) is 26.0 Å². The van der Waals surface area contributed by atoms with Crippen LogP contribution in [0.4, 0.5) is 0 Å². The van der Waals surface area contributed by atoms with Gasteiger partial charge < -0.3 is 19.5 Å². The Morgan fingerprint density at radius 2 is 1.71 bits per heavy atom. The summed E-state index contributed by atoms with van der Waals surface area (Å²) in [4.78, 5) is 4.60. The minimum atomic E-state index is -0.432. The lowest BCUT2D eigenvalue weighted by Crippen LogP contribution is -2.47. The van der Waals surface area contributed by atoms with Crippen molar-refractivity contribution in [2.24, 2.45) is 0 Å². The largest absolute Gasteiger partial charge is 0.491 e. The second-order valence-corrected chi connectivity index (χ2v) is 6.90. The van der Waals surface area contributed by atoms with Gasteiger partial charge in [0.2, 0.25) is 0 Å². The summed E-state index contributed by atoms with van der Waals surface area (Å²) in [5.41, 5.74) is 1.31. The summed E-state index contributed by atoms with van der Waals surface area (Å²) in [5, 5.41) is 10.0. The van der Waals surface area contributed by atoms with E-state index in [0.29, 0.717) is 32.3 Å². The summed E-state index contributed by atoms with van der Waals surface area (Å²) in [7, 11) is 2.13. The molecule has 1 aromatic rings. The van der Waals surface area contributed by atoms with E-state index in [0.717, 1.165) is 31.9 Å². The van der Waals surface area contributed by atoms with Gasteiger partial charge in [0, 0.05) is 32.7 Å². The van der Waals surface area contributed by atoms with Crippen LogP contribution in [0.3, 0.4) is 0 Å². The summed E-state index contributed by atoms with van der Waals surface area (Å²) < 4.78 is 11.2. The number of β-amino-alcohol motifs (C(OH)–C–C–N with tert-alkyl or cyclic N) is 1. The van der Waals surface area contributed by atoms with E-state index in [4.69, 9.17) is 9.47 Å². The van der Waals surface area contributed by atoms with Gasteiger partial charge in [-0.15, -0.1) is 0 Å². The van der Waals surface area contributed by atoms with Crippen molar-refractivity contribution in [3.63, 3.8) is 0 Å². The molecular formula is C19H32N2O3. The fraction of sp³-hybridized carbons (Fsp3) is 0.684. The summed E-state index contributed by atoms with van der Waals surface area (Å²) in [6.07, 6.45) is -0.432. The summed E-state index contributed by atoms with van der Waals surface area (Å²) >= 11 is 0. The maximum atomic E-state index is 10.0. The van der Waals surface area contributed by atoms with E-state index in [9.17, 15) is 5.11 Å². The van der Waals surface area contributed by atoms with Crippen molar-refractivity contribution in [1.29, 1.82) is 0 Å². The molecule has 2 rings (SSSR count). The molecule has 24 heavy (non-hydrogen) atoms. The third-order valence-corrected chi connectivity index (χ3v) is 4.42. The van der Waals surface area contributed by atoms with E-state index in [-0.39, 0.29) is 0 Å². The lowest BCUT2D eigenvalue weighted by Gasteiger charge is -2.33. The minimum absolute atomic E-state index is 0.363. The minimum Gasteiger partial charge on any atom is -0.491 e. The van der Waals surface area contributed by atoms with Crippen molar-refractivity contribution in [1.82, 2.24) is 9.80 Å². The van der Waals surface area contributed by atoms with Gasteiger partial charge in [-0.05, 0) is 30.7 Å². The zero-order valence-corrected chi connectivity index (χ0v) is 15.3. The van der Waals surface area contributed by atoms with Crippen molar-refractivity contribution in [2.75, 3.05) is 59.6 Å². The lowest BCUT2D eigenvalue weighted by molar-refractivity contribution is 0.00149. The van der Waals surface area contributed by atoms with Crippen LogP contribution < -0.4 is 4.74 Å². The summed E-state index contributed by atoms with van der Waals surface area (Å²) in [6.45, 7) is 10.6. The highest BCUT2D eigenvalue weighted by atomic mass is 16.5. The summed E-state index contributed by atoms with van der Waals surface area (Å²) in [5.74, 6) is 1.39. The first-order valence-corrected chi connectivity index (χ1v) is 8.94. The Labute approximate surface area is 146 Å². The fourth-order valence-electron chi connectivity index (χ4n) is 2.77. The molecule has 1 N–H and O–H groups in total. The first kappa shape index (κ1) is 19.2. The van der Waals surface area contributed by atoms with Gasteiger partial charge in [0.15, 0.2) is 0 Å². The van der Waals surface area contributed by atoms with Crippen LogP contribution in [0.25, 0.3) is 0 Å². The second kappa shape index (κ2) is 9.99. The van der Waals surface area contributed by atoms with E-state index in [2.05, 4.69) is 42.8 Å². The molecule has 0 aliphatic carbocycles. The number of nitrogens with zero attached hydrogens (tertiary/aromatic N) is 2. The van der Waals surface area contributed by atoms with E-state index >= 15 is 0 Å². The monoisotopic (exact) mass is 336 g/mol. The van der Waals surface area contributed by atoms with Crippen molar-refractivity contribution in [2.45, 2.75) is 25.9 Å². The molecule has 0 unspecified atom stereocenters. The Morgan fingerprint density at radius 3 is 2.33 bits per heavy atom. The van der Waals surface area contributed by atoms with Crippen LogP contribution in [0.1, 0.15) is 25.3 Å². The number of likely N-dealkylation sites (N-methyl/N-ethyl adjacent to an activating group) is 1. The van der Waals surface area contributed by atoms with Gasteiger partial charge in [-0.2, -0.15) is 0 Å². The normalized spacial score (nSPS) is 18.0. The number of rotatable bonds is 9. The Kier molecular flexibility index (Phi) is 7.99. The maximum absolute atomic E-state index is 10.0. The molecule has 1 saturated heterocycles. The Balaban J connectivity index is 1.54. The van der Waals surface area contributed by atoms with E-state index in [1.807, 2.05) is 12.1 Å². The molecule has 0 amide bonds. The van der Waals surface area contributed by atoms with Crippen LogP contribution in [0.2, 0.25) is 0 Å². The number of aliphatic hydroxyl groups is 1. The molecule has 0 saturated carbocycles. The fourth-order valence-corrected chi connectivity index (χ4v) is 2.77. The van der Waals surface area contributed by atoms with Gasteiger partial charge >= 0.3 is 0 Å². The van der Waals surface area contributed by atoms with Crippen molar-refractivity contribution in [3.05, 3.63) is 29.8 Å². The third-order valence-electron chi connectivity index (χ3n) is 4.42. The number of piperazine rings is 1. The molecule has 5 heteroatoms. The van der Waals surface area contributed by atoms with Gasteiger partial charge in [0.25, 0.3) is 0 Å². The number of hydrogen-bond donors (Lipinski definition) is 1. The number of aliphatic hydroxyl groups excluding tert-OH is 1. The SMILES string of the molecule is CC(C)c1ccc(OCCOC[C@@H](O)CN2CCN(C)CC2)cc1. The topological polar surface area (TPSA) is 45.2 Å². The Hall–Kier alpha value is -1.14. The van der Waals surface area contributed by atoms with Crippen molar-refractivity contribution < 1.29 is 14.6 Å². The Bertz CT molecular complexity index is 456. The third kappa shape index (κ3) is 6.77. The highest BCUT2D eigenvalue weighted by Gasteiger charge is 2.16. The molecule has 136 valence electrons. The molecule has 1 atom stereocenters. The van der Waals surface area contributed by atoms with Crippen LogP contribution in [-0.4, -0.2) is 80.6 Å². The quantitative estimate of drug-likeness (QED) is 0.697. The molecule has 1 heterocycles. The molecule has 0 bridgehead atoms. The van der Waals surface area contributed by atoms with Crippen LogP contribution in [0.5, 0.6) is 5.75 Å². The predicted molar refractivity (Wildman–Crippen MR) is 96.8 cm³/mol. The zero-order valence-electron chi connectivity index (χ0n) is 15.3. The summed E-state index contributed by atoms with van der Waals surface area (Å²) in [6, 6.07) is 8.19. The smallest absolute Gasteiger partial charge is 0.119 e. The molecule has 1 aromatic carbocycles. The molecule has 1 aliphatic heterocycles. The molecule has 0 radical (unpaired) electrons. The zero-order chi connectivity index (χ0) is 17.4. The van der Waals surface area contributed by atoms with Gasteiger partial charge in [-0.3, -0.25) is 4.90 Å². The number of hydrogen-bond acceptors (Lipinski definition) is 5. The van der Waals surface area contributed by atoms with Crippen molar-refractivity contribution >= 4 is 0 Å². The average molecular weight is 336 g/mol. The van der Waals surface area contributed by atoms with Crippen molar-refractivity contribution in [3.8, 4) is 5.75 Å². The molecular weight excluding hydrogens is 304 g/mol. The number of benzene rings is 1. The maximum Gasteiger partial charge on any atom is 0.119 e. The molecule has 0 aromatic heterocycles. The van der Waals surface area contributed by atoms with Crippen LogP contribution in [0.15, 0.2) is 24.3 Å². The van der Waals surface area contributed by atoms with Crippen LogP contribution in [-0.2, 0) is 4.74 Å². The second-order valence-electron chi connectivity index (χ2n) is 6.90. The molecule has 1 fully saturated rings. The lowest BCUT2D eigenvalue weighted by atomic mass is 10.0. The van der Waals surface area contributed by atoms with Gasteiger partial charge in [-0.25, -0.2) is 0 Å². The first-order valence-electron chi connectivity index (χ1n) is 8.94. The number of ether oxygens (including phenoxy) is 2. The van der Waals surface area contributed by atoms with E-state index < -0.39 is 6.10 Å². The predicted octanol–water partition coefficient (Wildman–Crippen LogP) is 1.81. The molecule has 1 aliphatic rings. The first-order chi connectivity index (χ1) is 11.5. The highest BCUT2D eigenvalue weighted by Crippen LogP contribution is 2.18. The van der Waals surface area contributed by atoms with Gasteiger partial charge in [0.05, 0.1) is 19.3 Å². The van der Waals surface area contributed by atoms with E-state index in [1.54, 1.807) is 0 Å². The molecule has 0 spiro atoms. The Morgan fingerprint density at radius 1 is 1.04 bits per heavy atom. The van der Waals surface area contributed by atoms with Crippen LogP contribution >= 0.6 is 0 Å². The average Bonchev–Trinajstić information content (AvgIpc) is 2.57. The van der Waals surface area contributed by atoms with E-state index in [1.165, 1.54) is 5.56 Å². The highest BCUT2D eigenvalue weighted by molar-refractivity contribution is 5.28. The van der Waals surface area contributed by atoms with Gasteiger partial charge in [0.1, 0.15) is 12.4 Å². The molecule has 5 nitrogen and oxygen atoms in total. The standard InChI is InChI=1S/C19H32N2O3/c1-16(2)17-4-6-19(7-5-17)24-13-12-23-15-18(22)14-21-10-8-20(3)9-11-21/h4-7,16,18,22H,8-15H2,1-3H3/t18-/m0/s1.